The molecule has 0 fully saturated rings. The highest BCUT2D eigenvalue weighted by Gasteiger charge is 2.09. The lowest BCUT2D eigenvalue weighted by atomic mass is 10.1. The Labute approximate surface area is 130 Å². The molecule has 0 aromatic heterocycles. The van der Waals surface area contributed by atoms with Gasteiger partial charge in [0, 0.05) is 29.4 Å². The first-order valence-electron chi connectivity index (χ1n) is 6.90. The summed E-state index contributed by atoms with van der Waals surface area (Å²) in [5.41, 5.74) is 2.18. The van der Waals surface area contributed by atoms with E-state index in [9.17, 15) is 0 Å². The molecule has 4 heteroatoms. The van der Waals surface area contributed by atoms with Gasteiger partial charge >= 0.3 is 0 Å². The van der Waals surface area contributed by atoms with Crippen LogP contribution in [0.2, 0.25) is 0 Å². The Bertz CT molecular complexity index is 458. The van der Waals surface area contributed by atoms with Crippen molar-refractivity contribution in [3.63, 3.8) is 0 Å². The first-order valence-corrected chi connectivity index (χ1v) is 7.70. The van der Waals surface area contributed by atoms with Crippen molar-refractivity contribution in [1.29, 1.82) is 0 Å². The molecule has 1 aromatic carbocycles. The van der Waals surface area contributed by atoms with Crippen LogP contribution in [0.1, 0.15) is 31.9 Å². The van der Waals surface area contributed by atoms with Crippen molar-refractivity contribution < 1.29 is 9.47 Å². The lowest BCUT2D eigenvalue weighted by Gasteiger charge is -2.14. The number of aryl methyl sites for hydroxylation is 1. The lowest BCUT2D eigenvalue weighted by Crippen LogP contribution is -2.09. The quantitative estimate of drug-likeness (QED) is 0.548. The first kappa shape index (κ1) is 17.2. The van der Waals surface area contributed by atoms with Crippen molar-refractivity contribution in [3.8, 4) is 5.75 Å². The molecule has 0 N–H and O–H groups in total. The molecule has 3 nitrogen and oxygen atoms in total. The predicted octanol–water partition coefficient (Wildman–Crippen LogP) is 4.25. The third-order valence-electron chi connectivity index (χ3n) is 3.26. The van der Waals surface area contributed by atoms with Crippen molar-refractivity contribution in [3.05, 3.63) is 27.7 Å². The zero-order valence-corrected chi connectivity index (χ0v) is 14.5. The van der Waals surface area contributed by atoms with Crippen molar-refractivity contribution >= 4 is 22.1 Å². The molecule has 1 aromatic rings. The molecule has 0 bridgehead atoms. The van der Waals surface area contributed by atoms with Crippen molar-refractivity contribution in [1.82, 2.24) is 0 Å². The zero-order chi connectivity index (χ0) is 15.1. The van der Waals surface area contributed by atoms with Gasteiger partial charge in [0.1, 0.15) is 12.4 Å². The van der Waals surface area contributed by atoms with Gasteiger partial charge in [-0.3, -0.25) is 4.99 Å². The first-order chi connectivity index (χ1) is 9.45. The summed E-state index contributed by atoms with van der Waals surface area (Å²) in [4.78, 5) is 4.62. The molecular weight excluding hydrogens is 318 g/mol. The van der Waals surface area contributed by atoms with Gasteiger partial charge in [-0.15, -0.1) is 0 Å². The highest BCUT2D eigenvalue weighted by atomic mass is 79.9. The van der Waals surface area contributed by atoms with Crippen LogP contribution in [0.5, 0.6) is 5.75 Å². The molecule has 1 unspecified atom stereocenters. The van der Waals surface area contributed by atoms with E-state index in [1.165, 1.54) is 0 Å². The van der Waals surface area contributed by atoms with Crippen LogP contribution in [-0.4, -0.2) is 32.6 Å². The maximum absolute atomic E-state index is 5.79. The summed E-state index contributed by atoms with van der Waals surface area (Å²) in [5.74, 6) is 1.37. The van der Waals surface area contributed by atoms with E-state index in [-0.39, 0.29) is 0 Å². The van der Waals surface area contributed by atoms with Gasteiger partial charge in [0.25, 0.3) is 0 Å². The molecule has 0 saturated carbocycles. The van der Waals surface area contributed by atoms with E-state index < -0.39 is 0 Å². The van der Waals surface area contributed by atoms with Gasteiger partial charge in [-0.2, -0.15) is 0 Å². The summed E-state index contributed by atoms with van der Waals surface area (Å²) < 4.78 is 11.8. The summed E-state index contributed by atoms with van der Waals surface area (Å²) in [6.07, 6.45) is 1.93. The Kier molecular flexibility index (Phi) is 7.24. The second-order valence-corrected chi connectivity index (χ2v) is 6.15. The third-order valence-corrected chi connectivity index (χ3v) is 3.72. The summed E-state index contributed by atoms with van der Waals surface area (Å²) >= 11 is 3.50. The van der Waals surface area contributed by atoms with Crippen LogP contribution in [0, 0.1) is 12.8 Å². The van der Waals surface area contributed by atoms with Crippen LogP contribution in [0.15, 0.2) is 21.6 Å². The van der Waals surface area contributed by atoms with Crippen molar-refractivity contribution in [2.24, 2.45) is 10.9 Å². The third kappa shape index (κ3) is 5.25. The SMILES string of the molecule is COCCOc1cc(Br)cc(C)c1C=NC(C)C(C)C. The van der Waals surface area contributed by atoms with Crippen molar-refractivity contribution in [2.75, 3.05) is 20.3 Å². The monoisotopic (exact) mass is 341 g/mol. The molecule has 0 radical (unpaired) electrons. The molecule has 0 saturated heterocycles. The summed E-state index contributed by atoms with van der Waals surface area (Å²) in [5, 5.41) is 0. The maximum Gasteiger partial charge on any atom is 0.129 e. The average Bonchev–Trinajstić information content (AvgIpc) is 2.37. The van der Waals surface area contributed by atoms with Crippen LogP contribution in [0.3, 0.4) is 0 Å². The van der Waals surface area contributed by atoms with Crippen molar-refractivity contribution in [2.45, 2.75) is 33.7 Å². The Morgan fingerprint density at radius 3 is 2.55 bits per heavy atom. The summed E-state index contributed by atoms with van der Waals surface area (Å²) in [6, 6.07) is 4.35. The van der Waals surface area contributed by atoms with Gasteiger partial charge in [0.2, 0.25) is 0 Å². The minimum Gasteiger partial charge on any atom is -0.490 e. The van der Waals surface area contributed by atoms with Gasteiger partial charge in [-0.25, -0.2) is 0 Å². The Balaban J connectivity index is 2.97. The molecular formula is C16H24BrNO2. The van der Waals surface area contributed by atoms with Crippen LogP contribution < -0.4 is 4.74 Å². The molecule has 0 amide bonds. The maximum atomic E-state index is 5.79. The van der Waals surface area contributed by atoms with Gasteiger partial charge < -0.3 is 9.47 Å². The highest BCUT2D eigenvalue weighted by Crippen LogP contribution is 2.26. The normalized spacial score (nSPS) is 13.2. The van der Waals surface area contributed by atoms with Crippen LogP contribution >= 0.6 is 15.9 Å². The Morgan fingerprint density at radius 2 is 1.95 bits per heavy atom. The fraction of sp³-hybridized carbons (Fsp3) is 0.562. The molecule has 1 atom stereocenters. The largest absolute Gasteiger partial charge is 0.490 e. The minimum absolute atomic E-state index is 0.296. The van der Waals surface area contributed by atoms with Crippen LogP contribution in [-0.2, 0) is 4.74 Å². The number of halogens is 1. The summed E-state index contributed by atoms with van der Waals surface area (Å²) in [6.45, 7) is 9.65. The molecule has 0 aliphatic rings. The van der Waals surface area contributed by atoms with E-state index >= 15 is 0 Å². The topological polar surface area (TPSA) is 30.8 Å². The number of benzene rings is 1. The van der Waals surface area contributed by atoms with Gasteiger partial charge in [-0.05, 0) is 37.5 Å². The number of ether oxygens (including phenoxy) is 2. The molecule has 20 heavy (non-hydrogen) atoms. The molecule has 0 spiro atoms. The predicted molar refractivity (Wildman–Crippen MR) is 88.1 cm³/mol. The average molecular weight is 342 g/mol. The number of nitrogens with zero attached hydrogens (tertiary/aromatic N) is 1. The number of hydrogen-bond acceptors (Lipinski definition) is 3. The highest BCUT2D eigenvalue weighted by molar-refractivity contribution is 9.10. The van der Waals surface area contributed by atoms with E-state index in [0.717, 1.165) is 21.3 Å². The van der Waals surface area contributed by atoms with Crippen LogP contribution in [0.4, 0.5) is 0 Å². The standard InChI is InChI=1S/C16H24BrNO2/c1-11(2)13(4)18-10-15-12(3)8-14(17)9-16(15)20-7-6-19-5/h8-11,13H,6-7H2,1-5H3. The van der Waals surface area contributed by atoms with Crippen LogP contribution in [0.25, 0.3) is 0 Å². The van der Waals surface area contributed by atoms with Gasteiger partial charge in [0.15, 0.2) is 0 Å². The second-order valence-electron chi connectivity index (χ2n) is 5.24. The molecule has 0 aliphatic heterocycles. The number of aliphatic imine (C=N–C) groups is 1. The molecule has 1 rings (SSSR count). The van der Waals surface area contributed by atoms with E-state index in [4.69, 9.17) is 9.47 Å². The lowest BCUT2D eigenvalue weighted by molar-refractivity contribution is 0.146. The fourth-order valence-corrected chi connectivity index (χ4v) is 2.16. The minimum atomic E-state index is 0.296. The Morgan fingerprint density at radius 1 is 1.25 bits per heavy atom. The smallest absolute Gasteiger partial charge is 0.129 e. The second kappa shape index (κ2) is 8.42. The number of rotatable bonds is 7. The summed E-state index contributed by atoms with van der Waals surface area (Å²) in [7, 11) is 1.67. The molecule has 0 aliphatic carbocycles. The van der Waals surface area contributed by atoms with E-state index in [2.05, 4.69) is 54.7 Å². The molecule has 112 valence electrons. The number of hydrogen-bond donors (Lipinski definition) is 0. The van der Waals surface area contributed by atoms with Gasteiger partial charge in [0.05, 0.1) is 6.61 Å². The zero-order valence-electron chi connectivity index (χ0n) is 12.9. The van der Waals surface area contributed by atoms with E-state index in [1.807, 2.05) is 12.3 Å². The van der Waals surface area contributed by atoms with E-state index in [0.29, 0.717) is 25.2 Å². The van der Waals surface area contributed by atoms with E-state index in [1.54, 1.807) is 7.11 Å². The molecule has 0 heterocycles. The fourth-order valence-electron chi connectivity index (χ4n) is 1.61. The number of methoxy groups -OCH3 is 1. The Hall–Kier alpha value is -0.870. The van der Waals surface area contributed by atoms with Gasteiger partial charge in [-0.1, -0.05) is 29.8 Å².